The van der Waals surface area contributed by atoms with E-state index >= 15 is 0 Å². The number of rotatable bonds is 20. The van der Waals surface area contributed by atoms with E-state index in [1.54, 1.807) is 6.08 Å². The summed E-state index contributed by atoms with van der Waals surface area (Å²) in [6, 6.07) is 0. The van der Waals surface area contributed by atoms with Gasteiger partial charge in [0.25, 0.3) is 0 Å². The molecule has 0 unspecified atom stereocenters. The third-order valence-corrected chi connectivity index (χ3v) is 26.6. The number of halogens is 1. The summed E-state index contributed by atoms with van der Waals surface area (Å²) < 4.78 is 23.1. The minimum absolute atomic E-state index is 0.0245. The maximum absolute atomic E-state index is 14.8. The molecule has 0 radical (unpaired) electrons. The Morgan fingerprint density at radius 3 is 1.23 bits per heavy atom. The Balaban J connectivity index is 7.18. The zero-order valence-corrected chi connectivity index (χ0v) is 42.1. The number of carboxylic acid groups (broad SMARTS) is 1. The fourth-order valence-corrected chi connectivity index (χ4v) is 10.4. The Morgan fingerprint density at radius 2 is 0.904 bits per heavy atom. The van der Waals surface area contributed by atoms with Crippen molar-refractivity contribution in [2.45, 2.75) is 183 Å². The monoisotopic (exact) mass is 894 g/mol. The lowest BCUT2D eigenvalue weighted by Crippen LogP contribution is -2.54. The fourth-order valence-electron chi connectivity index (χ4n) is 5.78. The van der Waals surface area contributed by atoms with Crippen molar-refractivity contribution < 1.29 is 32.8 Å². The molecule has 0 aromatic rings. The molecule has 0 aliphatic carbocycles. The van der Waals surface area contributed by atoms with Crippen molar-refractivity contribution >= 4 is 65.1 Å². The number of allylic oxidation sites excluding steroid dienone is 1. The van der Waals surface area contributed by atoms with Crippen LogP contribution < -0.4 is 0 Å². The third-order valence-electron chi connectivity index (χ3n) is 12.7. The maximum Gasteiger partial charge on any atom is 0.327 e. The molecule has 11 heteroatoms. The molecule has 0 amide bonds. The van der Waals surface area contributed by atoms with E-state index in [9.17, 15) is 19.5 Å². The summed E-state index contributed by atoms with van der Waals surface area (Å²) in [4.78, 5) is 41.1. The lowest BCUT2D eigenvalue weighted by molar-refractivity contribution is -0.139. The van der Waals surface area contributed by atoms with Gasteiger partial charge in [-0.05, 0) is 70.8 Å². The van der Waals surface area contributed by atoms with Gasteiger partial charge < -0.3 is 18.4 Å². The van der Waals surface area contributed by atoms with Gasteiger partial charge in [-0.15, -0.1) is 0 Å². The van der Waals surface area contributed by atoms with E-state index in [1.165, 1.54) is 0 Å². The van der Waals surface area contributed by atoms with Crippen LogP contribution in [-0.2, 0) is 27.7 Å². The van der Waals surface area contributed by atoms with Gasteiger partial charge in [-0.2, -0.15) is 0 Å². The number of Topliss-reactive ketones (excluding diaryl/α,β-unsaturated/α-hetero) is 2. The number of carbonyl (C=O) groups is 3. The van der Waals surface area contributed by atoms with E-state index in [0.717, 1.165) is 12.5 Å². The lowest BCUT2D eigenvalue weighted by atomic mass is 9.77. The summed E-state index contributed by atoms with van der Waals surface area (Å²) in [6.45, 7) is 44.6. The molecular formula is C41H79IO7Si3. The summed E-state index contributed by atoms with van der Waals surface area (Å²) in [6.07, 6.45) is 4.22. The van der Waals surface area contributed by atoms with Gasteiger partial charge >= 0.3 is 5.97 Å². The largest absolute Gasteiger partial charge is 0.478 e. The molecule has 0 aromatic carbocycles. The van der Waals surface area contributed by atoms with Gasteiger partial charge in [-0.1, -0.05) is 139 Å². The van der Waals surface area contributed by atoms with E-state index in [-0.39, 0.29) is 44.6 Å². The molecule has 0 aliphatic rings. The molecule has 304 valence electrons. The highest BCUT2D eigenvalue weighted by Crippen LogP contribution is 2.44. The van der Waals surface area contributed by atoms with Crippen molar-refractivity contribution in [2.24, 2.45) is 35.5 Å². The molecule has 0 saturated heterocycles. The van der Waals surface area contributed by atoms with Crippen LogP contribution in [0.2, 0.25) is 54.4 Å². The van der Waals surface area contributed by atoms with Crippen molar-refractivity contribution in [3.63, 3.8) is 0 Å². The molecule has 0 bridgehead atoms. The number of carboxylic acids is 1. The molecule has 0 aromatic heterocycles. The van der Waals surface area contributed by atoms with Crippen LogP contribution in [-0.4, -0.2) is 65.9 Å². The number of aliphatic carboxylic acids is 1. The minimum Gasteiger partial charge on any atom is -0.478 e. The van der Waals surface area contributed by atoms with E-state index < -0.39 is 66.8 Å². The van der Waals surface area contributed by atoms with Crippen LogP contribution in [0.25, 0.3) is 0 Å². The van der Waals surface area contributed by atoms with E-state index in [2.05, 4.69) is 137 Å². The summed E-state index contributed by atoms with van der Waals surface area (Å²) in [5.74, 6) is -3.42. The zero-order chi connectivity index (χ0) is 41.6. The molecule has 0 heterocycles. The normalized spacial score (nSPS) is 19.5. The summed E-state index contributed by atoms with van der Waals surface area (Å²) in [5, 5.41) is 9.13. The first kappa shape index (κ1) is 51.6. The Kier molecular flexibility index (Phi) is 19.4. The van der Waals surface area contributed by atoms with Gasteiger partial charge in [0.05, 0.1) is 18.3 Å². The molecule has 0 saturated carbocycles. The van der Waals surface area contributed by atoms with Crippen LogP contribution in [0.4, 0.5) is 0 Å². The molecule has 52 heavy (non-hydrogen) atoms. The van der Waals surface area contributed by atoms with E-state index in [0.29, 0.717) is 0 Å². The first-order chi connectivity index (χ1) is 23.1. The molecule has 0 aliphatic heterocycles. The fraction of sp³-hybridized carbons (Fsp3) is 0.829. The Hall–Kier alpha value is -0.449. The second-order valence-corrected chi connectivity index (χ2v) is 35.1. The molecule has 0 fully saturated rings. The van der Waals surface area contributed by atoms with Crippen LogP contribution in [0.15, 0.2) is 22.3 Å². The van der Waals surface area contributed by atoms with Gasteiger partial charge in [0.1, 0.15) is 11.6 Å². The van der Waals surface area contributed by atoms with Crippen molar-refractivity contribution in [1.82, 2.24) is 0 Å². The van der Waals surface area contributed by atoms with Crippen LogP contribution in [0.3, 0.4) is 0 Å². The zero-order valence-electron chi connectivity index (χ0n) is 37.0. The minimum atomic E-state index is -2.46. The lowest BCUT2D eigenvalue weighted by Gasteiger charge is -2.45. The maximum atomic E-state index is 14.8. The number of carbonyl (C=O) groups excluding carboxylic acids is 2. The first-order valence-electron chi connectivity index (χ1n) is 19.3. The summed E-state index contributed by atoms with van der Waals surface area (Å²) >= 11 is 2.24. The van der Waals surface area contributed by atoms with Gasteiger partial charge in [0.2, 0.25) is 0 Å². The van der Waals surface area contributed by atoms with Crippen LogP contribution >= 0.6 is 22.6 Å². The average Bonchev–Trinajstić information content (AvgIpc) is 2.98. The van der Waals surface area contributed by atoms with Crippen LogP contribution in [0.1, 0.15) is 110 Å². The van der Waals surface area contributed by atoms with Crippen molar-refractivity contribution in [2.75, 3.05) is 0 Å². The first-order valence-corrected chi connectivity index (χ1v) is 29.3. The standard InChI is InChI=1S/C41H79IO7Si3/c1-27(23-22-26-42)36(47-50(16,17)39(7,8)9)29(3)34(45)31(5)38(49-52(20,21)41(13,14)15)32(6)35(46)30(4)37(28(2)24-25-33(43)44)48-51(18,19)40(10,11)12/h22,24-32,36-38H,23H2,1-21H3,(H,43,44)/b25-24+,26-22+/t27-,28+,29-,30-,31-,32+,36+,37-,38+/m1/s1. The quantitative estimate of drug-likeness (QED) is 0.0738. The van der Waals surface area contributed by atoms with E-state index in [1.807, 2.05) is 38.7 Å². The highest BCUT2D eigenvalue weighted by Gasteiger charge is 2.49. The topological polar surface area (TPSA) is 99.1 Å². The second-order valence-electron chi connectivity index (χ2n) is 20.1. The second kappa shape index (κ2) is 19.6. The Bertz CT molecular complexity index is 1240. The number of ketones is 2. The predicted molar refractivity (Wildman–Crippen MR) is 236 cm³/mol. The number of hydrogen-bond acceptors (Lipinski definition) is 6. The SMILES string of the molecule is C[C@H](C/C=C/I)[C@H](O[Si](C)(C)C(C)(C)C)[C@H](C)C(=O)[C@@H](C)[C@H](O[Si](C)(C)C(C)(C)C)[C@@H](C)C(=O)[C@@H](C)[C@H](O[Si](C)(C)C(C)(C)C)[C@@H](C)/C=C/C(=O)O. The predicted octanol–water partition coefficient (Wildman–Crippen LogP) is 12.1. The van der Waals surface area contributed by atoms with Crippen LogP contribution in [0.5, 0.6) is 0 Å². The number of hydrogen-bond donors (Lipinski definition) is 1. The Labute approximate surface area is 336 Å². The molecule has 9 atom stereocenters. The molecule has 0 rings (SSSR count). The molecule has 1 N–H and O–H groups in total. The van der Waals surface area contributed by atoms with E-state index in [4.69, 9.17) is 13.3 Å². The molecule has 0 spiro atoms. The summed E-state index contributed by atoms with van der Waals surface area (Å²) in [7, 11) is -7.07. The van der Waals surface area contributed by atoms with Crippen LogP contribution in [0, 0.1) is 35.5 Å². The highest BCUT2D eigenvalue weighted by molar-refractivity contribution is 14.1. The van der Waals surface area contributed by atoms with Crippen molar-refractivity contribution in [3.8, 4) is 0 Å². The highest BCUT2D eigenvalue weighted by atomic mass is 127. The van der Waals surface area contributed by atoms with Crippen molar-refractivity contribution in [1.29, 1.82) is 0 Å². The van der Waals surface area contributed by atoms with Gasteiger partial charge in [-0.3, -0.25) is 9.59 Å². The average molecular weight is 895 g/mol. The summed E-state index contributed by atoms with van der Waals surface area (Å²) in [5.41, 5.74) is 0. The molecule has 7 nitrogen and oxygen atoms in total. The third kappa shape index (κ3) is 14.2. The van der Waals surface area contributed by atoms with Gasteiger partial charge in [-0.25, -0.2) is 4.79 Å². The Morgan fingerprint density at radius 1 is 0.596 bits per heavy atom. The van der Waals surface area contributed by atoms with Crippen molar-refractivity contribution in [3.05, 3.63) is 22.3 Å². The van der Waals surface area contributed by atoms with Gasteiger partial charge in [0.15, 0.2) is 25.0 Å². The molecular weight excluding hydrogens is 816 g/mol. The smallest absolute Gasteiger partial charge is 0.327 e. The van der Waals surface area contributed by atoms with Gasteiger partial charge in [0, 0.05) is 35.7 Å².